The Morgan fingerprint density at radius 1 is 1.33 bits per heavy atom. The van der Waals surface area contributed by atoms with Crippen molar-refractivity contribution in [2.24, 2.45) is 5.73 Å². The van der Waals surface area contributed by atoms with Gasteiger partial charge in [-0.2, -0.15) is 5.10 Å². The Kier molecular flexibility index (Phi) is 5.44. The first-order valence-electron chi connectivity index (χ1n) is 8.48. The van der Waals surface area contributed by atoms with Gasteiger partial charge in [-0.1, -0.05) is 25.5 Å². The van der Waals surface area contributed by atoms with Crippen molar-refractivity contribution in [3.8, 4) is 5.69 Å². The highest BCUT2D eigenvalue weighted by atomic mass is 16.2. The quantitative estimate of drug-likeness (QED) is 0.855. The molecule has 5 nitrogen and oxygen atoms in total. The second kappa shape index (κ2) is 7.18. The number of nitrogens with one attached hydrogen (secondary N) is 1. The minimum Gasteiger partial charge on any atom is -0.348 e. The molecule has 1 aromatic heterocycles. The van der Waals surface area contributed by atoms with Crippen LogP contribution in [-0.2, 0) is 4.79 Å². The molecule has 0 aliphatic carbocycles. The minimum absolute atomic E-state index is 0.0910. The van der Waals surface area contributed by atoms with Crippen LogP contribution in [0.2, 0.25) is 0 Å². The summed E-state index contributed by atoms with van der Waals surface area (Å²) >= 11 is 0. The Bertz CT molecular complexity index is 701. The van der Waals surface area contributed by atoms with Gasteiger partial charge in [0.1, 0.15) is 0 Å². The van der Waals surface area contributed by atoms with Crippen LogP contribution in [0.1, 0.15) is 56.6 Å². The van der Waals surface area contributed by atoms with Crippen molar-refractivity contribution in [2.75, 3.05) is 0 Å². The normalized spacial score (nSPS) is 14.9. The SMILES string of the molecule is CCCC(C)(N)C(=O)NC(C)c1ccc(-n2nc(C)cc2C)cc1. The van der Waals surface area contributed by atoms with E-state index in [1.807, 2.05) is 62.7 Å². The molecule has 0 fully saturated rings. The van der Waals surface area contributed by atoms with Crippen molar-refractivity contribution in [2.45, 2.75) is 59.0 Å². The van der Waals surface area contributed by atoms with Crippen molar-refractivity contribution in [3.63, 3.8) is 0 Å². The monoisotopic (exact) mass is 328 g/mol. The average Bonchev–Trinajstić information content (AvgIpc) is 2.86. The van der Waals surface area contributed by atoms with Gasteiger partial charge in [-0.15, -0.1) is 0 Å². The summed E-state index contributed by atoms with van der Waals surface area (Å²) in [7, 11) is 0. The van der Waals surface area contributed by atoms with Gasteiger partial charge in [-0.25, -0.2) is 4.68 Å². The lowest BCUT2D eigenvalue weighted by Gasteiger charge is -2.25. The number of hydrogen-bond acceptors (Lipinski definition) is 3. The van der Waals surface area contributed by atoms with Gasteiger partial charge in [0, 0.05) is 5.69 Å². The number of carbonyl (C=O) groups excluding carboxylic acids is 1. The summed E-state index contributed by atoms with van der Waals surface area (Å²) in [5.41, 5.74) is 9.41. The summed E-state index contributed by atoms with van der Waals surface area (Å²) < 4.78 is 1.92. The van der Waals surface area contributed by atoms with Crippen molar-refractivity contribution in [1.29, 1.82) is 0 Å². The summed E-state index contributed by atoms with van der Waals surface area (Å²) in [6.45, 7) is 9.80. The van der Waals surface area contributed by atoms with Crippen LogP contribution >= 0.6 is 0 Å². The van der Waals surface area contributed by atoms with Gasteiger partial charge in [0.15, 0.2) is 0 Å². The van der Waals surface area contributed by atoms with E-state index >= 15 is 0 Å². The van der Waals surface area contributed by atoms with Crippen LogP contribution in [0.4, 0.5) is 0 Å². The molecule has 24 heavy (non-hydrogen) atoms. The fraction of sp³-hybridized carbons (Fsp3) is 0.474. The van der Waals surface area contributed by atoms with Crippen molar-refractivity contribution < 1.29 is 4.79 Å². The summed E-state index contributed by atoms with van der Waals surface area (Å²) in [5, 5.41) is 7.50. The zero-order chi connectivity index (χ0) is 17.9. The van der Waals surface area contributed by atoms with Gasteiger partial charge in [0.05, 0.1) is 23.0 Å². The van der Waals surface area contributed by atoms with Gasteiger partial charge in [0.2, 0.25) is 5.91 Å². The van der Waals surface area contributed by atoms with E-state index in [4.69, 9.17) is 5.73 Å². The van der Waals surface area contributed by atoms with Crippen molar-refractivity contribution in [3.05, 3.63) is 47.3 Å². The number of rotatable bonds is 6. The first kappa shape index (κ1) is 18.2. The van der Waals surface area contributed by atoms with E-state index in [0.29, 0.717) is 6.42 Å². The molecule has 0 radical (unpaired) electrons. The lowest BCUT2D eigenvalue weighted by Crippen LogP contribution is -2.52. The summed E-state index contributed by atoms with van der Waals surface area (Å²) in [4.78, 5) is 12.3. The Morgan fingerprint density at radius 2 is 1.96 bits per heavy atom. The molecule has 0 saturated carbocycles. The third-order valence-corrected chi connectivity index (χ3v) is 4.28. The number of aryl methyl sites for hydroxylation is 2. The van der Waals surface area contributed by atoms with Gasteiger partial charge in [-0.3, -0.25) is 4.79 Å². The van der Waals surface area contributed by atoms with E-state index in [2.05, 4.69) is 10.4 Å². The van der Waals surface area contributed by atoms with Crippen LogP contribution in [0.3, 0.4) is 0 Å². The Hall–Kier alpha value is -2.14. The van der Waals surface area contributed by atoms with Crippen LogP contribution in [-0.4, -0.2) is 21.2 Å². The van der Waals surface area contributed by atoms with Crippen LogP contribution < -0.4 is 11.1 Å². The van der Waals surface area contributed by atoms with Crippen LogP contribution in [0.15, 0.2) is 30.3 Å². The van der Waals surface area contributed by atoms with Crippen molar-refractivity contribution in [1.82, 2.24) is 15.1 Å². The molecule has 0 saturated heterocycles. The van der Waals surface area contributed by atoms with Gasteiger partial charge >= 0.3 is 0 Å². The molecule has 2 rings (SSSR count). The highest BCUT2D eigenvalue weighted by Gasteiger charge is 2.28. The molecule has 0 spiro atoms. The first-order chi connectivity index (χ1) is 11.2. The fourth-order valence-electron chi connectivity index (χ4n) is 2.87. The number of benzene rings is 1. The van der Waals surface area contributed by atoms with Gasteiger partial charge in [-0.05, 0) is 57.9 Å². The molecule has 2 aromatic rings. The van der Waals surface area contributed by atoms with E-state index in [9.17, 15) is 4.79 Å². The van der Waals surface area contributed by atoms with Gasteiger partial charge < -0.3 is 11.1 Å². The molecule has 1 amide bonds. The number of nitrogens with two attached hydrogens (primary N) is 1. The zero-order valence-corrected chi connectivity index (χ0v) is 15.3. The minimum atomic E-state index is -0.827. The number of carbonyl (C=O) groups is 1. The molecule has 5 heteroatoms. The Labute approximate surface area is 144 Å². The van der Waals surface area contributed by atoms with E-state index in [1.54, 1.807) is 6.92 Å². The van der Waals surface area contributed by atoms with Gasteiger partial charge in [0.25, 0.3) is 0 Å². The molecule has 0 bridgehead atoms. The third kappa shape index (κ3) is 4.03. The van der Waals surface area contributed by atoms with Crippen molar-refractivity contribution >= 4 is 5.91 Å². The fourth-order valence-corrected chi connectivity index (χ4v) is 2.87. The average molecular weight is 328 g/mol. The standard InChI is InChI=1S/C19H28N4O/c1-6-11-19(5,20)18(24)21-15(4)16-7-9-17(10-8-16)23-14(3)12-13(2)22-23/h7-10,12,15H,6,11,20H2,1-5H3,(H,21,24). The number of aromatic nitrogens is 2. The van der Waals surface area contributed by atoms with E-state index in [-0.39, 0.29) is 11.9 Å². The second-order valence-corrected chi connectivity index (χ2v) is 6.79. The van der Waals surface area contributed by atoms with Crippen LogP contribution in [0.25, 0.3) is 5.69 Å². The maximum absolute atomic E-state index is 12.3. The number of hydrogen-bond donors (Lipinski definition) is 2. The summed E-state index contributed by atoms with van der Waals surface area (Å²) in [5.74, 6) is -0.112. The Morgan fingerprint density at radius 3 is 2.46 bits per heavy atom. The molecular weight excluding hydrogens is 300 g/mol. The lowest BCUT2D eigenvalue weighted by atomic mass is 9.95. The third-order valence-electron chi connectivity index (χ3n) is 4.28. The van der Waals surface area contributed by atoms with E-state index in [0.717, 1.165) is 29.1 Å². The Balaban J connectivity index is 2.10. The molecule has 2 unspecified atom stereocenters. The van der Waals surface area contributed by atoms with E-state index in [1.165, 1.54) is 0 Å². The predicted molar refractivity (Wildman–Crippen MR) is 97.1 cm³/mol. The molecule has 2 atom stereocenters. The smallest absolute Gasteiger partial charge is 0.240 e. The first-order valence-corrected chi connectivity index (χ1v) is 8.48. The molecule has 0 aliphatic rings. The molecule has 130 valence electrons. The number of amides is 1. The summed E-state index contributed by atoms with van der Waals surface area (Å²) in [6.07, 6.45) is 1.55. The molecule has 3 N–H and O–H groups in total. The maximum Gasteiger partial charge on any atom is 0.240 e. The maximum atomic E-state index is 12.3. The molecular formula is C19H28N4O. The summed E-state index contributed by atoms with van der Waals surface area (Å²) in [6, 6.07) is 10.0. The highest BCUT2D eigenvalue weighted by Crippen LogP contribution is 2.18. The van der Waals surface area contributed by atoms with Crippen LogP contribution in [0.5, 0.6) is 0 Å². The second-order valence-electron chi connectivity index (χ2n) is 6.79. The molecule has 0 aliphatic heterocycles. The van der Waals surface area contributed by atoms with Crippen LogP contribution in [0, 0.1) is 13.8 Å². The highest BCUT2D eigenvalue weighted by molar-refractivity contribution is 5.85. The zero-order valence-electron chi connectivity index (χ0n) is 15.3. The van der Waals surface area contributed by atoms with E-state index < -0.39 is 5.54 Å². The lowest BCUT2D eigenvalue weighted by molar-refractivity contribution is -0.126. The predicted octanol–water partition coefficient (Wildman–Crippen LogP) is 3.18. The molecule has 1 heterocycles. The topological polar surface area (TPSA) is 72.9 Å². The largest absolute Gasteiger partial charge is 0.348 e. The molecule has 1 aromatic carbocycles. The number of nitrogens with zero attached hydrogens (tertiary/aromatic N) is 2.